The molecule has 3 saturated heterocycles. The third-order valence-corrected chi connectivity index (χ3v) is 6.67. The molecule has 8 heteroatoms. The van der Waals surface area contributed by atoms with Crippen molar-refractivity contribution in [1.29, 1.82) is 0 Å². The van der Waals surface area contributed by atoms with E-state index >= 15 is 0 Å². The molecule has 3 aliphatic heterocycles. The number of rotatable bonds is 7. The smallest absolute Gasteiger partial charge is 0.237 e. The van der Waals surface area contributed by atoms with E-state index in [1.165, 1.54) is 0 Å². The van der Waals surface area contributed by atoms with Crippen molar-refractivity contribution < 1.29 is 19.1 Å². The number of carbonyl (C=O) groups excluding carboxylic acids is 3. The van der Waals surface area contributed by atoms with Crippen molar-refractivity contribution in [2.24, 2.45) is 5.92 Å². The van der Waals surface area contributed by atoms with E-state index in [2.05, 4.69) is 15.5 Å². The van der Waals surface area contributed by atoms with Gasteiger partial charge in [-0.05, 0) is 38.5 Å². The first-order chi connectivity index (χ1) is 13.6. The molecule has 8 nitrogen and oxygen atoms in total. The van der Waals surface area contributed by atoms with E-state index in [0.29, 0.717) is 32.5 Å². The van der Waals surface area contributed by atoms with Crippen molar-refractivity contribution in [3.8, 4) is 0 Å². The fourth-order valence-electron chi connectivity index (χ4n) is 4.98. The molecule has 4 fully saturated rings. The number of methoxy groups -OCH3 is 1. The van der Waals surface area contributed by atoms with Crippen LogP contribution < -0.4 is 10.6 Å². The van der Waals surface area contributed by atoms with Crippen LogP contribution in [0.5, 0.6) is 0 Å². The van der Waals surface area contributed by atoms with E-state index in [9.17, 15) is 14.4 Å². The van der Waals surface area contributed by atoms with Gasteiger partial charge in [-0.1, -0.05) is 0 Å². The molecule has 0 radical (unpaired) electrons. The molecular weight excluding hydrogens is 360 g/mol. The summed E-state index contributed by atoms with van der Waals surface area (Å²) in [6.07, 6.45) is 5.90. The first kappa shape index (κ1) is 19.6. The van der Waals surface area contributed by atoms with Gasteiger partial charge >= 0.3 is 0 Å². The van der Waals surface area contributed by atoms with Gasteiger partial charge in [-0.25, -0.2) is 0 Å². The van der Waals surface area contributed by atoms with Gasteiger partial charge in [0.15, 0.2) is 0 Å². The summed E-state index contributed by atoms with van der Waals surface area (Å²) in [7, 11) is 1.68. The lowest BCUT2D eigenvalue weighted by Gasteiger charge is -2.37. The Morgan fingerprint density at radius 3 is 2.82 bits per heavy atom. The Balaban J connectivity index is 1.31. The lowest BCUT2D eigenvalue weighted by molar-refractivity contribution is -0.133. The van der Waals surface area contributed by atoms with Crippen LogP contribution in [-0.4, -0.2) is 85.0 Å². The zero-order chi connectivity index (χ0) is 19.7. The Bertz CT molecular complexity index is 623. The number of fused-ring (bicyclic) bond motifs is 1. The van der Waals surface area contributed by atoms with Crippen LogP contribution in [0.4, 0.5) is 0 Å². The van der Waals surface area contributed by atoms with Crippen LogP contribution in [0.3, 0.4) is 0 Å². The van der Waals surface area contributed by atoms with Gasteiger partial charge in [0, 0.05) is 51.2 Å². The van der Waals surface area contributed by atoms with E-state index in [4.69, 9.17) is 4.74 Å². The van der Waals surface area contributed by atoms with E-state index in [1.54, 1.807) is 7.11 Å². The highest BCUT2D eigenvalue weighted by molar-refractivity contribution is 5.84. The molecule has 4 rings (SSSR count). The topological polar surface area (TPSA) is 91.0 Å². The van der Waals surface area contributed by atoms with E-state index in [-0.39, 0.29) is 47.8 Å². The number of nitrogens with zero attached hydrogens (tertiary/aromatic N) is 2. The van der Waals surface area contributed by atoms with Gasteiger partial charge in [-0.3, -0.25) is 19.3 Å². The fourth-order valence-corrected chi connectivity index (χ4v) is 4.98. The molecule has 0 unspecified atom stereocenters. The lowest BCUT2D eigenvalue weighted by Crippen LogP contribution is -2.58. The minimum absolute atomic E-state index is 0.0322. The lowest BCUT2D eigenvalue weighted by atomic mass is 10.0. The summed E-state index contributed by atoms with van der Waals surface area (Å²) in [6.45, 7) is 2.69. The number of piperazine rings is 1. The molecule has 3 amide bonds. The SMILES string of the molecule is COC[C@H]1CCCN1C(=O)CC[C@@H]1CNC(=O)[C@@H]2C[C@H](NC(=O)C3CC3)CN12. The molecule has 2 N–H and O–H groups in total. The average Bonchev–Trinajstić information content (AvgIpc) is 3.29. The van der Waals surface area contributed by atoms with Crippen molar-refractivity contribution in [2.45, 2.75) is 69.1 Å². The number of carbonyl (C=O) groups is 3. The van der Waals surface area contributed by atoms with Crippen molar-refractivity contribution >= 4 is 17.7 Å². The molecule has 4 aliphatic rings. The highest BCUT2D eigenvalue weighted by atomic mass is 16.5. The van der Waals surface area contributed by atoms with Crippen LogP contribution in [0.15, 0.2) is 0 Å². The van der Waals surface area contributed by atoms with Crippen molar-refractivity contribution in [2.75, 3.05) is 33.4 Å². The Hall–Kier alpha value is -1.67. The van der Waals surface area contributed by atoms with E-state index < -0.39 is 0 Å². The summed E-state index contributed by atoms with van der Waals surface area (Å²) in [5.41, 5.74) is 0. The maximum atomic E-state index is 12.7. The second kappa shape index (κ2) is 8.37. The summed E-state index contributed by atoms with van der Waals surface area (Å²) >= 11 is 0. The van der Waals surface area contributed by atoms with Gasteiger partial charge in [0.1, 0.15) is 0 Å². The standard InChI is InChI=1S/C20H32N4O4/c1-28-12-16-3-2-8-23(16)18(25)7-6-15-10-21-20(27)17-9-14(11-24(15)17)22-19(26)13-4-5-13/h13-17H,2-12H2,1H3,(H,21,27)(H,22,26)/t14-,15+,16+,17-/m0/s1. The monoisotopic (exact) mass is 392 g/mol. The van der Waals surface area contributed by atoms with Gasteiger partial charge in [-0.15, -0.1) is 0 Å². The highest BCUT2D eigenvalue weighted by Gasteiger charge is 2.44. The highest BCUT2D eigenvalue weighted by Crippen LogP contribution is 2.31. The second-order valence-electron chi connectivity index (χ2n) is 8.70. The quantitative estimate of drug-likeness (QED) is 0.630. The van der Waals surface area contributed by atoms with Gasteiger partial charge in [0.2, 0.25) is 17.7 Å². The second-order valence-corrected chi connectivity index (χ2v) is 8.70. The zero-order valence-corrected chi connectivity index (χ0v) is 16.7. The van der Waals surface area contributed by atoms with Crippen molar-refractivity contribution in [3.05, 3.63) is 0 Å². The number of hydrogen-bond acceptors (Lipinski definition) is 5. The van der Waals surface area contributed by atoms with Crippen LogP contribution in [0.1, 0.15) is 44.9 Å². The summed E-state index contributed by atoms with van der Waals surface area (Å²) < 4.78 is 5.25. The van der Waals surface area contributed by atoms with Gasteiger partial charge in [0.25, 0.3) is 0 Å². The Morgan fingerprint density at radius 2 is 2.07 bits per heavy atom. The van der Waals surface area contributed by atoms with E-state index in [0.717, 1.165) is 38.6 Å². The molecule has 0 spiro atoms. The third-order valence-electron chi connectivity index (χ3n) is 6.67. The summed E-state index contributed by atoms with van der Waals surface area (Å²) in [6, 6.07) is 0.194. The number of likely N-dealkylation sites (tertiary alicyclic amines) is 1. The average molecular weight is 393 g/mol. The minimum Gasteiger partial charge on any atom is -0.383 e. The van der Waals surface area contributed by atoms with Crippen molar-refractivity contribution in [1.82, 2.24) is 20.4 Å². The number of hydrogen-bond donors (Lipinski definition) is 2. The first-order valence-corrected chi connectivity index (χ1v) is 10.7. The maximum absolute atomic E-state index is 12.7. The minimum atomic E-state index is -0.189. The predicted molar refractivity (Wildman–Crippen MR) is 102 cm³/mol. The molecule has 3 heterocycles. The van der Waals surface area contributed by atoms with Gasteiger partial charge in [0.05, 0.1) is 18.7 Å². The Kier molecular flexibility index (Phi) is 5.87. The molecule has 0 bridgehead atoms. The van der Waals surface area contributed by atoms with Crippen LogP contribution in [0.25, 0.3) is 0 Å². The predicted octanol–water partition coefficient (Wildman–Crippen LogP) is -0.128. The molecule has 0 aromatic carbocycles. The summed E-state index contributed by atoms with van der Waals surface area (Å²) in [5.74, 6) is 0.548. The van der Waals surface area contributed by atoms with Crippen LogP contribution >= 0.6 is 0 Å². The molecule has 1 saturated carbocycles. The molecule has 1 aliphatic carbocycles. The van der Waals surface area contributed by atoms with Crippen LogP contribution in [0.2, 0.25) is 0 Å². The number of nitrogens with one attached hydrogen (secondary N) is 2. The molecular formula is C20H32N4O4. The molecule has 156 valence electrons. The van der Waals surface area contributed by atoms with Crippen LogP contribution in [-0.2, 0) is 19.1 Å². The van der Waals surface area contributed by atoms with Crippen molar-refractivity contribution in [3.63, 3.8) is 0 Å². The molecule has 0 aromatic rings. The largest absolute Gasteiger partial charge is 0.383 e. The summed E-state index contributed by atoms with van der Waals surface area (Å²) in [5, 5.41) is 6.11. The molecule has 0 aromatic heterocycles. The van der Waals surface area contributed by atoms with Gasteiger partial charge < -0.3 is 20.3 Å². The van der Waals surface area contributed by atoms with E-state index in [1.807, 2.05) is 4.90 Å². The summed E-state index contributed by atoms with van der Waals surface area (Å²) in [4.78, 5) is 41.3. The third kappa shape index (κ3) is 4.17. The van der Waals surface area contributed by atoms with Gasteiger partial charge in [-0.2, -0.15) is 0 Å². The molecule has 28 heavy (non-hydrogen) atoms. The first-order valence-electron chi connectivity index (χ1n) is 10.7. The van der Waals surface area contributed by atoms with Crippen LogP contribution in [0, 0.1) is 5.92 Å². The maximum Gasteiger partial charge on any atom is 0.237 e. The normalized spacial score (nSPS) is 32.9. The zero-order valence-electron chi connectivity index (χ0n) is 16.7. The fraction of sp³-hybridized carbons (Fsp3) is 0.850. The Morgan fingerprint density at radius 1 is 1.25 bits per heavy atom. The number of amides is 3. The molecule has 4 atom stereocenters. The number of ether oxygens (including phenoxy) is 1. The Labute approximate surface area is 166 Å².